The second-order valence-corrected chi connectivity index (χ2v) is 7.04. The van der Waals surface area contributed by atoms with E-state index in [4.69, 9.17) is 0 Å². The van der Waals surface area contributed by atoms with Gasteiger partial charge in [0.05, 0.1) is 19.3 Å². The summed E-state index contributed by atoms with van der Waals surface area (Å²) in [7, 11) is -2.03. The van der Waals surface area contributed by atoms with Crippen molar-refractivity contribution in [3.8, 4) is 0 Å². The molecule has 0 aliphatic carbocycles. The average molecular weight is 322 g/mol. The molecular formula is C14H18N4O3S. The van der Waals surface area contributed by atoms with E-state index in [2.05, 4.69) is 10.4 Å². The van der Waals surface area contributed by atoms with E-state index >= 15 is 0 Å². The van der Waals surface area contributed by atoms with Gasteiger partial charge in [0.25, 0.3) is 0 Å². The van der Waals surface area contributed by atoms with Gasteiger partial charge in [-0.2, -0.15) is 9.40 Å². The molecule has 0 spiro atoms. The maximum atomic E-state index is 11.8. The molecule has 2 aromatic rings. The first kappa shape index (κ1) is 16.2. The van der Waals surface area contributed by atoms with Crippen molar-refractivity contribution in [2.45, 2.75) is 6.54 Å². The average Bonchev–Trinajstić information content (AvgIpc) is 2.85. The SMILES string of the molecule is CN(CC(=O)Nc1ccn(Cc2ccccc2)n1)S(C)(=O)=O. The number of hydrogen-bond donors (Lipinski definition) is 1. The lowest BCUT2D eigenvalue weighted by molar-refractivity contribution is -0.116. The van der Waals surface area contributed by atoms with Crippen LogP contribution in [0.1, 0.15) is 5.56 Å². The summed E-state index contributed by atoms with van der Waals surface area (Å²) in [5.41, 5.74) is 1.10. The van der Waals surface area contributed by atoms with Crippen molar-refractivity contribution in [1.29, 1.82) is 0 Å². The quantitative estimate of drug-likeness (QED) is 0.851. The molecule has 1 amide bonds. The fourth-order valence-corrected chi connectivity index (χ4v) is 2.14. The van der Waals surface area contributed by atoms with Gasteiger partial charge < -0.3 is 5.32 Å². The van der Waals surface area contributed by atoms with E-state index in [1.165, 1.54) is 7.05 Å². The first-order valence-corrected chi connectivity index (χ1v) is 8.48. The highest BCUT2D eigenvalue weighted by molar-refractivity contribution is 7.88. The van der Waals surface area contributed by atoms with E-state index < -0.39 is 15.9 Å². The number of likely N-dealkylation sites (N-methyl/N-ethyl adjacent to an activating group) is 1. The molecule has 0 fully saturated rings. The Morgan fingerprint density at radius 2 is 1.95 bits per heavy atom. The van der Waals surface area contributed by atoms with Crippen LogP contribution in [0.25, 0.3) is 0 Å². The standard InChI is InChI=1S/C14H18N4O3S/c1-17(22(2,20)21)11-14(19)15-13-8-9-18(16-13)10-12-6-4-3-5-7-12/h3-9H,10-11H2,1-2H3,(H,15,16,19). The summed E-state index contributed by atoms with van der Waals surface area (Å²) in [5.74, 6) is -0.0410. The lowest BCUT2D eigenvalue weighted by atomic mass is 10.2. The minimum atomic E-state index is -3.38. The predicted octanol–water partition coefficient (Wildman–Crippen LogP) is 0.761. The first-order valence-electron chi connectivity index (χ1n) is 6.63. The van der Waals surface area contributed by atoms with Crippen molar-refractivity contribution in [3.63, 3.8) is 0 Å². The number of nitrogens with zero attached hydrogens (tertiary/aromatic N) is 3. The molecule has 0 atom stereocenters. The number of anilines is 1. The highest BCUT2D eigenvalue weighted by Crippen LogP contribution is 2.06. The van der Waals surface area contributed by atoms with E-state index in [-0.39, 0.29) is 6.54 Å². The molecule has 8 heteroatoms. The van der Waals surface area contributed by atoms with Gasteiger partial charge in [-0.15, -0.1) is 0 Å². The molecule has 2 rings (SSSR count). The number of amides is 1. The van der Waals surface area contributed by atoms with E-state index in [0.717, 1.165) is 16.1 Å². The van der Waals surface area contributed by atoms with Crippen LogP contribution in [0.2, 0.25) is 0 Å². The van der Waals surface area contributed by atoms with Crippen molar-refractivity contribution < 1.29 is 13.2 Å². The largest absolute Gasteiger partial charge is 0.308 e. The van der Waals surface area contributed by atoms with Crippen LogP contribution >= 0.6 is 0 Å². The number of sulfonamides is 1. The summed E-state index contributed by atoms with van der Waals surface area (Å²) in [6, 6.07) is 11.5. The Kier molecular flexibility index (Phi) is 4.94. The highest BCUT2D eigenvalue weighted by atomic mass is 32.2. The molecule has 0 aliphatic rings. The number of rotatable bonds is 6. The maximum Gasteiger partial charge on any atom is 0.240 e. The van der Waals surface area contributed by atoms with Gasteiger partial charge in [-0.1, -0.05) is 30.3 Å². The third-order valence-corrected chi connectivity index (χ3v) is 4.29. The molecular weight excluding hydrogens is 304 g/mol. The second-order valence-electron chi connectivity index (χ2n) is 4.95. The van der Waals surface area contributed by atoms with Crippen molar-refractivity contribution >= 4 is 21.7 Å². The number of benzene rings is 1. The lowest BCUT2D eigenvalue weighted by Crippen LogP contribution is -2.34. The van der Waals surface area contributed by atoms with Crippen LogP contribution in [0.3, 0.4) is 0 Å². The Morgan fingerprint density at radius 1 is 1.27 bits per heavy atom. The zero-order valence-electron chi connectivity index (χ0n) is 12.4. The zero-order valence-corrected chi connectivity index (χ0v) is 13.2. The minimum Gasteiger partial charge on any atom is -0.308 e. The van der Waals surface area contributed by atoms with Crippen LogP contribution in [0, 0.1) is 0 Å². The zero-order chi connectivity index (χ0) is 16.2. The van der Waals surface area contributed by atoms with Crippen LogP contribution in [-0.2, 0) is 21.4 Å². The third-order valence-electron chi connectivity index (χ3n) is 3.03. The molecule has 1 heterocycles. The number of carbonyl (C=O) groups excluding carboxylic acids is 1. The number of hydrogen-bond acceptors (Lipinski definition) is 4. The van der Waals surface area contributed by atoms with E-state index in [1.807, 2.05) is 30.3 Å². The van der Waals surface area contributed by atoms with Gasteiger partial charge >= 0.3 is 0 Å². The fourth-order valence-electron chi connectivity index (χ4n) is 1.79. The Labute approximate surface area is 129 Å². The topological polar surface area (TPSA) is 84.3 Å². The van der Waals surface area contributed by atoms with Gasteiger partial charge in [0.15, 0.2) is 5.82 Å². The predicted molar refractivity (Wildman–Crippen MR) is 83.9 cm³/mol. The molecule has 0 unspecified atom stereocenters. The lowest BCUT2D eigenvalue weighted by Gasteiger charge is -2.12. The van der Waals surface area contributed by atoms with Crippen molar-refractivity contribution in [1.82, 2.24) is 14.1 Å². The van der Waals surface area contributed by atoms with Crippen LogP contribution < -0.4 is 5.32 Å². The fraction of sp³-hybridized carbons (Fsp3) is 0.286. The third kappa shape index (κ3) is 4.68. The van der Waals surface area contributed by atoms with Crippen molar-refractivity contribution in [2.75, 3.05) is 25.2 Å². The van der Waals surface area contributed by atoms with Gasteiger partial charge in [-0.05, 0) is 5.56 Å². The molecule has 118 valence electrons. The van der Waals surface area contributed by atoms with Gasteiger partial charge in [0, 0.05) is 19.3 Å². The number of aromatic nitrogens is 2. The Bertz CT molecular complexity index is 740. The van der Waals surface area contributed by atoms with Crippen LogP contribution in [0.15, 0.2) is 42.6 Å². The summed E-state index contributed by atoms with van der Waals surface area (Å²) >= 11 is 0. The Balaban J connectivity index is 1.93. The van der Waals surface area contributed by atoms with Crippen LogP contribution in [0.5, 0.6) is 0 Å². The normalized spacial score (nSPS) is 11.6. The van der Waals surface area contributed by atoms with E-state index in [0.29, 0.717) is 12.4 Å². The molecule has 0 radical (unpaired) electrons. The van der Waals surface area contributed by atoms with Gasteiger partial charge in [-0.3, -0.25) is 9.48 Å². The second kappa shape index (κ2) is 6.71. The molecule has 1 N–H and O–H groups in total. The molecule has 7 nitrogen and oxygen atoms in total. The minimum absolute atomic E-state index is 0.246. The summed E-state index contributed by atoms with van der Waals surface area (Å²) in [4.78, 5) is 11.8. The molecule has 0 aliphatic heterocycles. The van der Waals surface area contributed by atoms with E-state index in [1.54, 1.807) is 16.9 Å². The van der Waals surface area contributed by atoms with Crippen LogP contribution in [-0.4, -0.2) is 48.3 Å². The summed E-state index contributed by atoms with van der Waals surface area (Å²) in [6.07, 6.45) is 2.80. The molecule has 0 saturated heterocycles. The molecule has 0 saturated carbocycles. The summed E-state index contributed by atoms with van der Waals surface area (Å²) < 4.78 is 25.2. The van der Waals surface area contributed by atoms with Crippen molar-refractivity contribution in [3.05, 3.63) is 48.2 Å². The molecule has 1 aromatic carbocycles. The molecule has 0 bridgehead atoms. The maximum absolute atomic E-state index is 11.8. The smallest absolute Gasteiger partial charge is 0.240 e. The van der Waals surface area contributed by atoms with Crippen molar-refractivity contribution in [2.24, 2.45) is 0 Å². The molecule has 22 heavy (non-hydrogen) atoms. The van der Waals surface area contributed by atoms with Crippen LogP contribution in [0.4, 0.5) is 5.82 Å². The molecule has 1 aromatic heterocycles. The number of carbonyl (C=O) groups is 1. The highest BCUT2D eigenvalue weighted by Gasteiger charge is 2.15. The summed E-state index contributed by atoms with van der Waals surface area (Å²) in [6.45, 7) is 0.352. The first-order chi connectivity index (χ1) is 10.3. The monoisotopic (exact) mass is 322 g/mol. The van der Waals surface area contributed by atoms with E-state index in [9.17, 15) is 13.2 Å². The Hall–Kier alpha value is -2.19. The Morgan fingerprint density at radius 3 is 2.59 bits per heavy atom. The number of nitrogens with one attached hydrogen (secondary N) is 1. The summed E-state index contributed by atoms with van der Waals surface area (Å²) in [5, 5.41) is 6.81. The van der Waals surface area contributed by atoms with Gasteiger partial charge in [0.2, 0.25) is 15.9 Å². The van der Waals surface area contributed by atoms with Gasteiger partial charge in [-0.25, -0.2) is 8.42 Å². The van der Waals surface area contributed by atoms with Gasteiger partial charge in [0.1, 0.15) is 0 Å².